The van der Waals surface area contributed by atoms with Crippen LogP contribution in [0.25, 0.3) is 5.82 Å². The van der Waals surface area contributed by atoms with Crippen molar-refractivity contribution in [1.82, 2.24) is 14.8 Å². The van der Waals surface area contributed by atoms with E-state index in [0.717, 1.165) is 17.1 Å². The summed E-state index contributed by atoms with van der Waals surface area (Å²) in [4.78, 5) is 4.37. The zero-order chi connectivity index (χ0) is 14.7. The number of pyridine rings is 1. The molecule has 5 heteroatoms. The summed E-state index contributed by atoms with van der Waals surface area (Å²) in [6.07, 6.45) is 5.29. The number of para-hydroxylation sites is 1. The van der Waals surface area contributed by atoms with Crippen molar-refractivity contribution < 1.29 is 5.11 Å². The van der Waals surface area contributed by atoms with Crippen LogP contribution in [0.3, 0.4) is 0 Å². The van der Waals surface area contributed by atoms with Crippen LogP contribution in [0.5, 0.6) is 5.75 Å². The van der Waals surface area contributed by atoms with Crippen molar-refractivity contribution >= 4 is 5.69 Å². The Balaban J connectivity index is 1.91. The van der Waals surface area contributed by atoms with Crippen molar-refractivity contribution in [2.24, 2.45) is 0 Å². The molecule has 0 saturated heterocycles. The third kappa shape index (κ3) is 2.72. The predicted molar refractivity (Wildman–Crippen MR) is 81.5 cm³/mol. The molecule has 2 aromatic heterocycles. The van der Waals surface area contributed by atoms with Crippen LogP contribution in [-0.2, 0) is 0 Å². The molecular weight excluding hydrogens is 264 g/mol. The van der Waals surface area contributed by atoms with Gasteiger partial charge in [0.1, 0.15) is 5.75 Å². The van der Waals surface area contributed by atoms with Gasteiger partial charge in [-0.05, 0) is 31.2 Å². The minimum atomic E-state index is -0.0512. The Kier molecular flexibility index (Phi) is 3.55. The van der Waals surface area contributed by atoms with Gasteiger partial charge in [0, 0.05) is 24.2 Å². The molecule has 0 aliphatic heterocycles. The number of aromatic hydroxyl groups is 1. The fourth-order valence-electron chi connectivity index (χ4n) is 2.25. The Bertz CT molecular complexity index is 725. The van der Waals surface area contributed by atoms with Crippen LogP contribution in [0.1, 0.15) is 18.5 Å². The number of nitrogens with one attached hydrogen (secondary N) is 1. The van der Waals surface area contributed by atoms with Crippen molar-refractivity contribution in [3.63, 3.8) is 0 Å². The Labute approximate surface area is 122 Å². The smallest absolute Gasteiger partial charge is 0.176 e. The summed E-state index contributed by atoms with van der Waals surface area (Å²) >= 11 is 0. The minimum Gasteiger partial charge on any atom is -0.508 e. The first-order valence-electron chi connectivity index (χ1n) is 6.75. The number of benzene rings is 1. The third-order valence-electron chi connectivity index (χ3n) is 3.28. The number of phenolic OH excluding ortho intramolecular Hbond substituents is 1. The maximum Gasteiger partial charge on any atom is 0.176 e. The van der Waals surface area contributed by atoms with Crippen molar-refractivity contribution in [3.05, 3.63) is 66.6 Å². The standard InChI is InChI=1S/C16H16N4O/c1-12(13-6-2-3-8-15(13)21)19-14-7-4-9-17-16(14)20-11-5-10-18-20/h2-12,19,21H,1H3. The van der Waals surface area contributed by atoms with E-state index in [1.54, 1.807) is 23.1 Å². The van der Waals surface area contributed by atoms with Gasteiger partial charge in [-0.2, -0.15) is 5.10 Å². The highest BCUT2D eigenvalue weighted by atomic mass is 16.3. The lowest BCUT2D eigenvalue weighted by molar-refractivity contribution is 0.465. The second kappa shape index (κ2) is 5.66. The lowest BCUT2D eigenvalue weighted by atomic mass is 10.1. The van der Waals surface area contributed by atoms with Crippen LogP contribution in [0.4, 0.5) is 5.69 Å². The Morgan fingerprint density at radius 3 is 2.71 bits per heavy atom. The van der Waals surface area contributed by atoms with Crippen LogP contribution in [-0.4, -0.2) is 19.9 Å². The van der Waals surface area contributed by atoms with Gasteiger partial charge in [-0.15, -0.1) is 0 Å². The predicted octanol–water partition coefficient (Wildman–Crippen LogP) is 3.15. The number of phenols is 1. The van der Waals surface area contributed by atoms with E-state index in [-0.39, 0.29) is 11.8 Å². The average Bonchev–Trinajstić information content (AvgIpc) is 3.02. The third-order valence-corrected chi connectivity index (χ3v) is 3.28. The van der Waals surface area contributed by atoms with Crippen LogP contribution < -0.4 is 5.32 Å². The summed E-state index contributed by atoms with van der Waals surface area (Å²) in [5, 5.41) is 17.5. The number of aromatic nitrogens is 3. The van der Waals surface area contributed by atoms with E-state index in [2.05, 4.69) is 15.4 Å². The molecule has 0 spiro atoms. The van der Waals surface area contributed by atoms with Gasteiger partial charge < -0.3 is 10.4 Å². The zero-order valence-corrected chi connectivity index (χ0v) is 11.6. The van der Waals surface area contributed by atoms with E-state index in [1.807, 2.05) is 49.5 Å². The van der Waals surface area contributed by atoms with Crippen LogP contribution in [0.15, 0.2) is 61.1 Å². The van der Waals surface area contributed by atoms with Gasteiger partial charge in [-0.25, -0.2) is 9.67 Å². The first kappa shape index (κ1) is 13.2. The molecule has 0 aliphatic rings. The summed E-state index contributed by atoms with van der Waals surface area (Å²) < 4.78 is 1.71. The molecule has 106 valence electrons. The van der Waals surface area contributed by atoms with Crippen molar-refractivity contribution in [3.8, 4) is 11.6 Å². The number of hydrogen-bond acceptors (Lipinski definition) is 4. The van der Waals surface area contributed by atoms with Gasteiger partial charge in [0.05, 0.1) is 11.7 Å². The molecule has 2 heterocycles. The highest BCUT2D eigenvalue weighted by Gasteiger charge is 2.13. The van der Waals surface area contributed by atoms with Gasteiger partial charge in [0.25, 0.3) is 0 Å². The molecule has 0 fully saturated rings. The van der Waals surface area contributed by atoms with Crippen molar-refractivity contribution in [2.75, 3.05) is 5.32 Å². The summed E-state index contributed by atoms with van der Waals surface area (Å²) in [6.45, 7) is 1.99. The fourth-order valence-corrected chi connectivity index (χ4v) is 2.25. The van der Waals surface area contributed by atoms with Crippen molar-refractivity contribution in [1.29, 1.82) is 0 Å². The Hall–Kier alpha value is -2.82. The Morgan fingerprint density at radius 2 is 1.95 bits per heavy atom. The molecule has 5 nitrogen and oxygen atoms in total. The molecule has 0 saturated carbocycles. The molecule has 1 aromatic carbocycles. The van der Waals surface area contributed by atoms with E-state index in [1.165, 1.54) is 0 Å². The van der Waals surface area contributed by atoms with Gasteiger partial charge in [0.2, 0.25) is 0 Å². The van der Waals surface area contributed by atoms with Crippen molar-refractivity contribution in [2.45, 2.75) is 13.0 Å². The fraction of sp³-hybridized carbons (Fsp3) is 0.125. The van der Waals surface area contributed by atoms with Gasteiger partial charge in [0.15, 0.2) is 5.82 Å². The second-order valence-corrected chi connectivity index (χ2v) is 4.75. The van der Waals surface area contributed by atoms with Crippen LogP contribution >= 0.6 is 0 Å². The highest BCUT2D eigenvalue weighted by Crippen LogP contribution is 2.28. The molecule has 3 rings (SSSR count). The molecule has 1 atom stereocenters. The summed E-state index contributed by atoms with van der Waals surface area (Å²) in [7, 11) is 0. The first-order valence-corrected chi connectivity index (χ1v) is 6.75. The van der Waals surface area contributed by atoms with E-state index in [0.29, 0.717) is 0 Å². The van der Waals surface area contributed by atoms with Gasteiger partial charge in [-0.3, -0.25) is 0 Å². The molecule has 0 amide bonds. The number of rotatable bonds is 4. The first-order chi connectivity index (χ1) is 10.3. The van der Waals surface area contributed by atoms with E-state index >= 15 is 0 Å². The monoisotopic (exact) mass is 280 g/mol. The molecule has 2 N–H and O–H groups in total. The summed E-state index contributed by atoms with van der Waals surface area (Å²) in [5.41, 5.74) is 1.70. The zero-order valence-electron chi connectivity index (χ0n) is 11.6. The molecule has 1 unspecified atom stereocenters. The molecule has 3 aromatic rings. The second-order valence-electron chi connectivity index (χ2n) is 4.75. The van der Waals surface area contributed by atoms with Crippen LogP contribution in [0, 0.1) is 0 Å². The van der Waals surface area contributed by atoms with Gasteiger partial charge >= 0.3 is 0 Å². The SMILES string of the molecule is CC(Nc1cccnc1-n1cccn1)c1ccccc1O. The lowest BCUT2D eigenvalue weighted by Gasteiger charge is -2.18. The molecule has 0 aliphatic carbocycles. The van der Waals surface area contributed by atoms with Gasteiger partial charge in [-0.1, -0.05) is 18.2 Å². The summed E-state index contributed by atoms with van der Waals surface area (Å²) in [6, 6.07) is 12.9. The topological polar surface area (TPSA) is 63.0 Å². The van der Waals surface area contributed by atoms with Crippen LogP contribution in [0.2, 0.25) is 0 Å². The number of nitrogens with zero attached hydrogens (tertiary/aromatic N) is 3. The molecular formula is C16H16N4O. The maximum atomic E-state index is 9.94. The van der Waals surface area contributed by atoms with E-state index in [4.69, 9.17) is 0 Å². The normalized spacial score (nSPS) is 12.0. The number of anilines is 1. The average molecular weight is 280 g/mol. The highest BCUT2D eigenvalue weighted by molar-refractivity contribution is 5.58. The van der Waals surface area contributed by atoms with E-state index in [9.17, 15) is 5.11 Å². The molecule has 21 heavy (non-hydrogen) atoms. The van der Waals surface area contributed by atoms with E-state index < -0.39 is 0 Å². The Morgan fingerprint density at radius 1 is 1.10 bits per heavy atom. The number of hydrogen-bond donors (Lipinski definition) is 2. The molecule has 0 bridgehead atoms. The lowest BCUT2D eigenvalue weighted by Crippen LogP contribution is -2.10. The molecule has 0 radical (unpaired) electrons. The summed E-state index contributed by atoms with van der Waals surface area (Å²) in [5.74, 6) is 1.01. The largest absolute Gasteiger partial charge is 0.508 e. The minimum absolute atomic E-state index is 0.0512. The quantitative estimate of drug-likeness (QED) is 0.770. The maximum absolute atomic E-state index is 9.94.